The van der Waals surface area contributed by atoms with Gasteiger partial charge in [0.15, 0.2) is 0 Å². The highest BCUT2D eigenvalue weighted by molar-refractivity contribution is 5.79. The average molecular weight is 268 g/mol. The van der Waals surface area contributed by atoms with Crippen LogP contribution >= 0.6 is 0 Å². The fourth-order valence-electron chi connectivity index (χ4n) is 2.48. The maximum absolute atomic E-state index is 4.11. The van der Waals surface area contributed by atoms with Gasteiger partial charge >= 0.3 is 0 Å². The highest BCUT2D eigenvalue weighted by Gasteiger charge is 2.00. The molecule has 20 heavy (non-hydrogen) atoms. The Labute approximate surface area is 119 Å². The topological polar surface area (TPSA) is 34.8 Å². The summed E-state index contributed by atoms with van der Waals surface area (Å²) in [6.45, 7) is 2.94. The van der Waals surface area contributed by atoms with Crippen molar-refractivity contribution in [2.75, 3.05) is 6.54 Å². The smallest absolute Gasteiger partial charge is 0.0945 e. The quantitative estimate of drug-likeness (QED) is 0.697. The SMILES string of the molecule is Cn1cncc1CNCCCn1ccc2ccccc21. The van der Waals surface area contributed by atoms with Crippen molar-refractivity contribution in [3.63, 3.8) is 0 Å². The lowest BCUT2D eigenvalue weighted by Crippen LogP contribution is -2.17. The van der Waals surface area contributed by atoms with E-state index in [2.05, 4.69) is 51.4 Å². The van der Waals surface area contributed by atoms with Crippen LogP contribution in [0.15, 0.2) is 49.1 Å². The molecule has 0 atom stereocenters. The molecule has 4 heteroatoms. The summed E-state index contributed by atoms with van der Waals surface area (Å²) >= 11 is 0. The van der Waals surface area contributed by atoms with E-state index in [0.717, 1.165) is 26.1 Å². The van der Waals surface area contributed by atoms with Crippen molar-refractivity contribution >= 4 is 10.9 Å². The van der Waals surface area contributed by atoms with Crippen molar-refractivity contribution in [2.45, 2.75) is 19.5 Å². The van der Waals surface area contributed by atoms with Crippen LogP contribution in [0, 0.1) is 0 Å². The van der Waals surface area contributed by atoms with Gasteiger partial charge in [-0.1, -0.05) is 18.2 Å². The predicted octanol–water partition coefficient (Wildman–Crippen LogP) is 2.55. The van der Waals surface area contributed by atoms with Gasteiger partial charge in [-0.05, 0) is 30.5 Å². The zero-order valence-electron chi connectivity index (χ0n) is 11.8. The molecule has 0 unspecified atom stereocenters. The molecule has 0 bridgehead atoms. The Hall–Kier alpha value is -2.07. The van der Waals surface area contributed by atoms with Crippen molar-refractivity contribution in [2.24, 2.45) is 7.05 Å². The maximum atomic E-state index is 4.11. The van der Waals surface area contributed by atoms with Crippen LogP contribution in [-0.4, -0.2) is 20.7 Å². The number of imidazole rings is 1. The molecule has 0 saturated carbocycles. The van der Waals surface area contributed by atoms with Crippen molar-refractivity contribution in [1.82, 2.24) is 19.4 Å². The maximum Gasteiger partial charge on any atom is 0.0945 e. The first-order chi connectivity index (χ1) is 9.84. The molecule has 0 fully saturated rings. The monoisotopic (exact) mass is 268 g/mol. The number of fused-ring (bicyclic) bond motifs is 1. The molecule has 0 aliphatic rings. The van der Waals surface area contributed by atoms with Gasteiger partial charge in [-0.15, -0.1) is 0 Å². The Kier molecular flexibility index (Phi) is 3.83. The number of aryl methyl sites for hydroxylation is 2. The van der Waals surface area contributed by atoms with Gasteiger partial charge in [0.1, 0.15) is 0 Å². The number of aromatic nitrogens is 3. The zero-order valence-corrected chi connectivity index (χ0v) is 11.8. The molecule has 4 nitrogen and oxygen atoms in total. The minimum absolute atomic E-state index is 0.878. The van der Waals surface area contributed by atoms with Crippen LogP contribution in [0.1, 0.15) is 12.1 Å². The number of hydrogen-bond acceptors (Lipinski definition) is 2. The van der Waals surface area contributed by atoms with Crippen LogP contribution < -0.4 is 5.32 Å². The number of benzene rings is 1. The summed E-state index contributed by atoms with van der Waals surface area (Å²) in [6, 6.07) is 10.7. The molecule has 0 amide bonds. The van der Waals surface area contributed by atoms with E-state index in [9.17, 15) is 0 Å². The fourth-order valence-corrected chi connectivity index (χ4v) is 2.48. The summed E-state index contributed by atoms with van der Waals surface area (Å²) in [5.74, 6) is 0. The molecule has 1 N–H and O–H groups in total. The Morgan fingerprint density at radius 2 is 2.10 bits per heavy atom. The third-order valence-corrected chi connectivity index (χ3v) is 3.66. The molecule has 2 heterocycles. The van der Waals surface area contributed by atoms with E-state index in [-0.39, 0.29) is 0 Å². The van der Waals surface area contributed by atoms with E-state index >= 15 is 0 Å². The van der Waals surface area contributed by atoms with Crippen LogP contribution in [0.2, 0.25) is 0 Å². The minimum atomic E-state index is 0.878. The lowest BCUT2D eigenvalue weighted by atomic mass is 10.2. The lowest BCUT2D eigenvalue weighted by Gasteiger charge is -2.07. The molecule has 3 rings (SSSR count). The Morgan fingerprint density at radius 1 is 1.20 bits per heavy atom. The number of para-hydroxylation sites is 1. The summed E-state index contributed by atoms with van der Waals surface area (Å²) in [5.41, 5.74) is 2.54. The van der Waals surface area contributed by atoms with Crippen LogP contribution in [0.4, 0.5) is 0 Å². The van der Waals surface area contributed by atoms with Gasteiger partial charge in [0.05, 0.1) is 12.0 Å². The molecule has 0 radical (unpaired) electrons. The number of nitrogens with one attached hydrogen (secondary N) is 1. The van der Waals surface area contributed by atoms with Crippen LogP contribution in [0.5, 0.6) is 0 Å². The third-order valence-electron chi connectivity index (χ3n) is 3.66. The highest BCUT2D eigenvalue weighted by Crippen LogP contribution is 2.15. The fraction of sp³-hybridized carbons (Fsp3) is 0.312. The van der Waals surface area contributed by atoms with Crippen LogP contribution in [-0.2, 0) is 20.1 Å². The second kappa shape index (κ2) is 5.92. The molecule has 0 saturated heterocycles. The van der Waals surface area contributed by atoms with E-state index < -0.39 is 0 Å². The van der Waals surface area contributed by atoms with Gasteiger partial charge in [0.25, 0.3) is 0 Å². The molecule has 0 aliphatic heterocycles. The molecule has 0 aliphatic carbocycles. The summed E-state index contributed by atoms with van der Waals surface area (Å²) in [4.78, 5) is 4.11. The standard InChI is InChI=1S/C16H20N4/c1-19-13-18-12-15(19)11-17-8-4-9-20-10-7-14-5-2-3-6-16(14)20/h2-3,5-7,10,12-13,17H,4,8-9,11H2,1H3. The molecular weight excluding hydrogens is 248 g/mol. The van der Waals surface area contributed by atoms with Gasteiger partial charge in [-0.2, -0.15) is 0 Å². The predicted molar refractivity (Wildman–Crippen MR) is 81.5 cm³/mol. The first-order valence-electron chi connectivity index (χ1n) is 7.04. The summed E-state index contributed by atoms with van der Waals surface area (Å²) in [5, 5.41) is 4.78. The van der Waals surface area contributed by atoms with Gasteiger partial charge in [0.2, 0.25) is 0 Å². The summed E-state index contributed by atoms with van der Waals surface area (Å²) < 4.78 is 4.37. The molecule has 104 valence electrons. The number of rotatable bonds is 6. The number of hydrogen-bond donors (Lipinski definition) is 1. The van der Waals surface area contributed by atoms with Crippen molar-refractivity contribution in [3.8, 4) is 0 Å². The van der Waals surface area contributed by atoms with E-state index in [0.29, 0.717) is 0 Å². The van der Waals surface area contributed by atoms with Crippen LogP contribution in [0.25, 0.3) is 10.9 Å². The third kappa shape index (κ3) is 2.75. The summed E-state index contributed by atoms with van der Waals surface area (Å²) in [7, 11) is 2.02. The summed E-state index contributed by atoms with van der Waals surface area (Å²) in [6.07, 6.45) is 7.04. The normalized spacial score (nSPS) is 11.2. The molecular formula is C16H20N4. The van der Waals surface area contributed by atoms with E-state index in [4.69, 9.17) is 0 Å². The zero-order chi connectivity index (χ0) is 13.8. The van der Waals surface area contributed by atoms with Crippen molar-refractivity contribution in [3.05, 3.63) is 54.7 Å². The molecule has 2 aromatic heterocycles. The Morgan fingerprint density at radius 3 is 2.95 bits per heavy atom. The van der Waals surface area contributed by atoms with E-state index in [1.165, 1.54) is 16.6 Å². The van der Waals surface area contributed by atoms with Crippen molar-refractivity contribution in [1.29, 1.82) is 0 Å². The van der Waals surface area contributed by atoms with E-state index in [1.807, 2.05) is 24.1 Å². The van der Waals surface area contributed by atoms with Gasteiger partial charge in [0, 0.05) is 38.0 Å². The Balaban J connectivity index is 1.47. The molecule has 1 aromatic carbocycles. The second-order valence-electron chi connectivity index (χ2n) is 5.09. The van der Waals surface area contributed by atoms with Gasteiger partial charge in [-0.3, -0.25) is 0 Å². The minimum Gasteiger partial charge on any atom is -0.347 e. The second-order valence-corrected chi connectivity index (χ2v) is 5.09. The molecule has 0 spiro atoms. The first kappa shape index (κ1) is 12.9. The molecule has 3 aromatic rings. The average Bonchev–Trinajstić information content (AvgIpc) is 3.06. The Bertz CT molecular complexity index is 680. The van der Waals surface area contributed by atoms with Crippen LogP contribution in [0.3, 0.4) is 0 Å². The highest BCUT2D eigenvalue weighted by atomic mass is 15.0. The lowest BCUT2D eigenvalue weighted by molar-refractivity contribution is 0.579. The number of nitrogens with zero attached hydrogens (tertiary/aromatic N) is 3. The van der Waals surface area contributed by atoms with Gasteiger partial charge in [-0.25, -0.2) is 4.98 Å². The van der Waals surface area contributed by atoms with E-state index in [1.54, 1.807) is 0 Å². The van der Waals surface area contributed by atoms with Crippen molar-refractivity contribution < 1.29 is 0 Å². The van der Waals surface area contributed by atoms with Gasteiger partial charge < -0.3 is 14.5 Å². The largest absolute Gasteiger partial charge is 0.347 e. The first-order valence-corrected chi connectivity index (χ1v) is 7.04.